The van der Waals surface area contributed by atoms with E-state index in [1.165, 1.54) is 11.3 Å². The van der Waals surface area contributed by atoms with E-state index in [1.54, 1.807) is 50.7 Å². The second kappa shape index (κ2) is 6.67. The molecule has 2 N–H and O–H groups in total. The van der Waals surface area contributed by atoms with Crippen LogP contribution >= 0.6 is 11.3 Å². The van der Waals surface area contributed by atoms with Gasteiger partial charge in [0.1, 0.15) is 21.2 Å². The Morgan fingerprint density at radius 3 is 2.58 bits per heavy atom. The van der Waals surface area contributed by atoms with Crippen molar-refractivity contribution in [3.05, 3.63) is 47.0 Å². The van der Waals surface area contributed by atoms with Gasteiger partial charge < -0.3 is 20.2 Å². The van der Waals surface area contributed by atoms with E-state index >= 15 is 0 Å². The van der Waals surface area contributed by atoms with Gasteiger partial charge in [0.05, 0.1) is 19.6 Å². The number of aromatic nitrogens is 1. The molecule has 2 aromatic heterocycles. The number of methoxy groups -OCH3 is 2. The van der Waals surface area contributed by atoms with Crippen LogP contribution in [0.15, 0.2) is 36.5 Å². The van der Waals surface area contributed by atoms with Gasteiger partial charge in [-0.1, -0.05) is 0 Å². The third kappa shape index (κ3) is 2.81. The highest BCUT2D eigenvalue weighted by Crippen LogP contribution is 2.35. The summed E-state index contributed by atoms with van der Waals surface area (Å²) >= 11 is 1.23. The minimum Gasteiger partial charge on any atom is -0.497 e. The minimum absolute atomic E-state index is 0.288. The van der Waals surface area contributed by atoms with Crippen molar-refractivity contribution in [3.8, 4) is 11.5 Å². The van der Waals surface area contributed by atoms with Gasteiger partial charge in [0.2, 0.25) is 0 Å². The molecule has 0 saturated carbocycles. The Morgan fingerprint density at radius 2 is 1.96 bits per heavy atom. The molecule has 6 nitrogen and oxygen atoms in total. The van der Waals surface area contributed by atoms with Gasteiger partial charge in [0, 0.05) is 23.7 Å². The molecule has 0 saturated heterocycles. The maximum Gasteiger partial charge on any atom is 0.266 e. The van der Waals surface area contributed by atoms with Crippen LogP contribution in [0, 0.1) is 5.41 Å². The Hall–Kier alpha value is -2.93. The fraction of sp³-hybridized carbons (Fsp3) is 0.118. The molecule has 0 aliphatic heterocycles. The maximum atomic E-state index is 12.6. The molecule has 1 aromatic carbocycles. The number of benzene rings is 1. The van der Waals surface area contributed by atoms with Gasteiger partial charge in [-0.25, -0.2) is 4.98 Å². The summed E-state index contributed by atoms with van der Waals surface area (Å²) in [6.45, 7) is 0. The number of thiophene rings is 1. The predicted octanol–water partition coefficient (Wildman–Crippen LogP) is 3.56. The van der Waals surface area contributed by atoms with E-state index in [0.717, 1.165) is 6.21 Å². The smallest absolute Gasteiger partial charge is 0.266 e. The number of carbonyl (C=O) groups excluding carboxylic acids is 1. The van der Waals surface area contributed by atoms with Crippen LogP contribution in [0.3, 0.4) is 0 Å². The summed E-state index contributed by atoms with van der Waals surface area (Å²) in [6.07, 6.45) is 2.78. The van der Waals surface area contributed by atoms with E-state index in [4.69, 9.17) is 14.9 Å². The first-order valence-corrected chi connectivity index (χ1v) is 7.91. The van der Waals surface area contributed by atoms with Gasteiger partial charge in [-0.2, -0.15) is 0 Å². The monoisotopic (exact) mass is 341 g/mol. The molecule has 122 valence electrons. The zero-order valence-electron chi connectivity index (χ0n) is 13.1. The van der Waals surface area contributed by atoms with Crippen LogP contribution < -0.4 is 14.8 Å². The molecule has 1 amide bonds. The molecule has 24 heavy (non-hydrogen) atoms. The van der Waals surface area contributed by atoms with Gasteiger partial charge in [0.15, 0.2) is 0 Å². The summed E-state index contributed by atoms with van der Waals surface area (Å²) in [6, 6.07) is 8.76. The third-order valence-electron chi connectivity index (χ3n) is 3.51. The van der Waals surface area contributed by atoms with Crippen molar-refractivity contribution in [1.29, 1.82) is 5.41 Å². The third-order valence-corrected chi connectivity index (χ3v) is 4.62. The molecular formula is C17H15N3O3S. The molecule has 0 spiro atoms. The predicted molar refractivity (Wildman–Crippen MR) is 95.0 cm³/mol. The number of pyridine rings is 1. The molecule has 0 bridgehead atoms. The van der Waals surface area contributed by atoms with Gasteiger partial charge >= 0.3 is 0 Å². The summed E-state index contributed by atoms with van der Waals surface area (Å²) in [5.41, 5.74) is 1.15. The fourth-order valence-corrected chi connectivity index (χ4v) is 3.39. The number of carbonyl (C=O) groups is 1. The average molecular weight is 341 g/mol. The molecule has 0 aliphatic rings. The second-order valence-electron chi connectivity index (χ2n) is 4.87. The summed E-state index contributed by atoms with van der Waals surface area (Å²) in [5.74, 6) is 1.02. The highest BCUT2D eigenvalue weighted by Gasteiger charge is 2.20. The number of amides is 1. The lowest BCUT2D eigenvalue weighted by Gasteiger charge is -2.06. The molecule has 3 rings (SSSR count). The zero-order valence-corrected chi connectivity index (χ0v) is 13.9. The Balaban J connectivity index is 1.98. The Labute approximate surface area is 142 Å². The van der Waals surface area contributed by atoms with Crippen LogP contribution in [0.25, 0.3) is 10.2 Å². The number of fused-ring (bicyclic) bond motifs is 1. The lowest BCUT2D eigenvalue weighted by Crippen LogP contribution is -2.12. The topological polar surface area (TPSA) is 84.3 Å². The lowest BCUT2D eigenvalue weighted by atomic mass is 10.1. The summed E-state index contributed by atoms with van der Waals surface area (Å²) in [4.78, 5) is 18.0. The number of rotatable bonds is 5. The average Bonchev–Trinajstić information content (AvgIpc) is 3.01. The molecule has 0 atom stereocenters. The molecule has 2 heterocycles. The Bertz CT molecular complexity index is 903. The van der Waals surface area contributed by atoms with Crippen LogP contribution in [0.5, 0.6) is 11.5 Å². The first kappa shape index (κ1) is 15.9. The summed E-state index contributed by atoms with van der Waals surface area (Å²) in [7, 11) is 3.14. The van der Waals surface area contributed by atoms with E-state index in [1.807, 2.05) is 0 Å². The van der Waals surface area contributed by atoms with Crippen LogP contribution in [0.2, 0.25) is 0 Å². The summed E-state index contributed by atoms with van der Waals surface area (Å²) < 4.78 is 10.4. The van der Waals surface area contributed by atoms with Crippen LogP contribution in [0.4, 0.5) is 5.69 Å². The largest absolute Gasteiger partial charge is 0.497 e. The number of nitrogens with zero attached hydrogens (tertiary/aromatic N) is 1. The van der Waals surface area contributed by atoms with E-state index in [9.17, 15) is 4.79 Å². The molecule has 7 heteroatoms. The van der Waals surface area contributed by atoms with Crippen molar-refractivity contribution in [2.24, 2.45) is 0 Å². The molecule has 3 aromatic rings. The number of nitrogens with one attached hydrogen (secondary N) is 2. The standard InChI is InChI=1S/C17H15N3O3S/c1-22-11-5-3-10(4-6-11)20-16(21)15-12(9-18)14-13(23-2)7-8-19-17(14)24-15/h3-9,18H,1-2H3,(H,20,21). The van der Waals surface area contributed by atoms with Crippen molar-refractivity contribution in [2.45, 2.75) is 0 Å². The van der Waals surface area contributed by atoms with Crippen molar-refractivity contribution in [3.63, 3.8) is 0 Å². The zero-order chi connectivity index (χ0) is 17.1. The highest BCUT2D eigenvalue weighted by molar-refractivity contribution is 7.21. The number of hydrogen-bond donors (Lipinski definition) is 2. The normalized spacial score (nSPS) is 10.4. The van der Waals surface area contributed by atoms with Gasteiger partial charge in [-0.05, 0) is 30.3 Å². The fourth-order valence-electron chi connectivity index (χ4n) is 2.36. The molecule has 0 fully saturated rings. The van der Waals surface area contributed by atoms with E-state index in [-0.39, 0.29) is 5.91 Å². The van der Waals surface area contributed by atoms with Crippen LogP contribution in [0.1, 0.15) is 15.2 Å². The van der Waals surface area contributed by atoms with Crippen molar-refractivity contribution >= 4 is 39.4 Å². The Morgan fingerprint density at radius 1 is 1.21 bits per heavy atom. The summed E-state index contributed by atoms with van der Waals surface area (Å²) in [5, 5.41) is 11.2. The second-order valence-corrected chi connectivity index (χ2v) is 5.86. The van der Waals surface area contributed by atoms with E-state index in [2.05, 4.69) is 10.3 Å². The number of hydrogen-bond acceptors (Lipinski definition) is 6. The molecule has 0 aliphatic carbocycles. The van der Waals surface area contributed by atoms with Crippen LogP contribution in [-0.2, 0) is 0 Å². The number of anilines is 1. The van der Waals surface area contributed by atoms with Crippen molar-refractivity contribution < 1.29 is 14.3 Å². The molecule has 0 unspecified atom stereocenters. The molecular weight excluding hydrogens is 326 g/mol. The van der Waals surface area contributed by atoms with Gasteiger partial charge in [0.25, 0.3) is 5.91 Å². The van der Waals surface area contributed by atoms with Crippen LogP contribution in [-0.4, -0.2) is 31.3 Å². The Kier molecular flexibility index (Phi) is 4.43. The first-order valence-electron chi connectivity index (χ1n) is 7.09. The lowest BCUT2D eigenvalue weighted by molar-refractivity contribution is 0.103. The quantitative estimate of drug-likeness (QED) is 0.695. The minimum atomic E-state index is -0.288. The van der Waals surface area contributed by atoms with Gasteiger partial charge in [-0.3, -0.25) is 4.79 Å². The SMILES string of the molecule is COc1ccc(NC(=O)c2sc3nccc(OC)c3c2C=N)cc1. The maximum absolute atomic E-state index is 12.6. The van der Waals surface area contributed by atoms with Crippen molar-refractivity contribution in [2.75, 3.05) is 19.5 Å². The van der Waals surface area contributed by atoms with Gasteiger partial charge in [-0.15, -0.1) is 11.3 Å². The van der Waals surface area contributed by atoms with Crippen molar-refractivity contribution in [1.82, 2.24) is 4.98 Å². The highest BCUT2D eigenvalue weighted by atomic mass is 32.1. The first-order chi connectivity index (χ1) is 11.7. The van der Waals surface area contributed by atoms with E-state index < -0.39 is 0 Å². The number of ether oxygens (including phenoxy) is 2. The van der Waals surface area contributed by atoms with E-state index in [0.29, 0.717) is 37.8 Å². The molecule has 0 radical (unpaired) electrons.